The number of para-hydroxylation sites is 1. The first-order chi connectivity index (χ1) is 10.3. The Morgan fingerprint density at radius 1 is 1.05 bits per heavy atom. The number of rotatable bonds is 2. The van der Waals surface area contributed by atoms with Gasteiger partial charge in [-0.1, -0.05) is 18.2 Å². The molecule has 0 spiro atoms. The molecule has 0 aliphatic rings. The van der Waals surface area contributed by atoms with Crippen molar-refractivity contribution in [2.45, 2.75) is 4.90 Å². The molecule has 3 nitrogen and oxygen atoms in total. The lowest BCUT2D eigenvalue weighted by Gasteiger charge is -2.04. The van der Waals surface area contributed by atoms with Crippen molar-refractivity contribution in [2.24, 2.45) is 0 Å². The van der Waals surface area contributed by atoms with Crippen LogP contribution in [0.5, 0.6) is 0 Å². The van der Waals surface area contributed by atoms with Crippen LogP contribution >= 0.6 is 11.8 Å². The van der Waals surface area contributed by atoms with Crippen LogP contribution in [0.15, 0.2) is 65.7 Å². The van der Waals surface area contributed by atoms with Crippen molar-refractivity contribution < 1.29 is 4.79 Å². The van der Waals surface area contributed by atoms with E-state index in [4.69, 9.17) is 5.26 Å². The second kappa shape index (κ2) is 5.78. The normalized spacial score (nSPS) is 10.2. The van der Waals surface area contributed by atoms with Crippen molar-refractivity contribution in [3.05, 3.63) is 71.9 Å². The number of nitrogens with zero attached hydrogens (tertiary/aromatic N) is 2. The topological polar surface area (TPSA) is 53.8 Å². The standard InChI is InChI=1S/C17H10N2OS/c18-11-12-6-8-14(9-7-12)17(20)21-15-5-1-3-13-4-2-10-19-16(13)15/h1-10H. The summed E-state index contributed by atoms with van der Waals surface area (Å²) in [6, 6.07) is 18.3. The van der Waals surface area contributed by atoms with Gasteiger partial charge in [0.05, 0.1) is 17.1 Å². The van der Waals surface area contributed by atoms with Crippen LogP contribution in [0.1, 0.15) is 15.9 Å². The Labute approximate surface area is 126 Å². The van der Waals surface area contributed by atoms with Gasteiger partial charge in [0.1, 0.15) is 0 Å². The van der Waals surface area contributed by atoms with Gasteiger partial charge in [0.2, 0.25) is 5.12 Å². The maximum atomic E-state index is 12.3. The summed E-state index contributed by atoms with van der Waals surface area (Å²) in [4.78, 5) is 17.5. The van der Waals surface area contributed by atoms with Gasteiger partial charge >= 0.3 is 0 Å². The molecule has 2 aromatic carbocycles. The summed E-state index contributed by atoms with van der Waals surface area (Å²) in [5.41, 5.74) is 1.95. The second-order valence-corrected chi connectivity index (χ2v) is 5.42. The SMILES string of the molecule is N#Cc1ccc(C(=O)Sc2cccc3cccnc23)cc1. The van der Waals surface area contributed by atoms with E-state index in [9.17, 15) is 4.79 Å². The number of pyridine rings is 1. The molecule has 0 N–H and O–H groups in total. The summed E-state index contributed by atoms with van der Waals surface area (Å²) >= 11 is 1.16. The van der Waals surface area contributed by atoms with E-state index in [1.165, 1.54) is 0 Å². The minimum Gasteiger partial charge on any atom is -0.281 e. The third-order valence-corrected chi connectivity index (χ3v) is 4.02. The van der Waals surface area contributed by atoms with Crippen molar-refractivity contribution in [3.8, 4) is 6.07 Å². The Kier molecular flexibility index (Phi) is 3.67. The molecular weight excluding hydrogens is 280 g/mol. The van der Waals surface area contributed by atoms with E-state index < -0.39 is 0 Å². The fourth-order valence-corrected chi connectivity index (χ4v) is 2.87. The van der Waals surface area contributed by atoms with E-state index in [0.717, 1.165) is 27.6 Å². The smallest absolute Gasteiger partial charge is 0.224 e. The van der Waals surface area contributed by atoms with Gasteiger partial charge in [0.25, 0.3) is 0 Å². The zero-order chi connectivity index (χ0) is 14.7. The van der Waals surface area contributed by atoms with Gasteiger partial charge in [-0.25, -0.2) is 0 Å². The van der Waals surface area contributed by atoms with Crippen molar-refractivity contribution >= 4 is 27.8 Å². The molecule has 0 aliphatic carbocycles. The summed E-state index contributed by atoms with van der Waals surface area (Å²) in [6.07, 6.45) is 1.72. The quantitative estimate of drug-likeness (QED) is 0.668. The fraction of sp³-hybridized carbons (Fsp3) is 0. The van der Waals surface area contributed by atoms with Gasteiger partial charge in [-0.15, -0.1) is 0 Å². The number of carbonyl (C=O) groups is 1. The fourth-order valence-electron chi connectivity index (χ4n) is 2.00. The molecule has 1 aromatic heterocycles. The molecule has 0 radical (unpaired) electrons. The highest BCUT2D eigenvalue weighted by Crippen LogP contribution is 2.28. The third-order valence-electron chi connectivity index (χ3n) is 3.05. The van der Waals surface area contributed by atoms with Crippen molar-refractivity contribution in [2.75, 3.05) is 0 Å². The molecule has 0 amide bonds. The predicted octanol–water partition coefficient (Wildman–Crippen LogP) is 4.04. The zero-order valence-corrected chi connectivity index (χ0v) is 11.8. The highest BCUT2D eigenvalue weighted by molar-refractivity contribution is 8.14. The monoisotopic (exact) mass is 290 g/mol. The number of aromatic nitrogens is 1. The minimum atomic E-state index is -0.0577. The molecule has 0 unspecified atom stereocenters. The van der Waals surface area contributed by atoms with E-state index in [2.05, 4.69) is 4.98 Å². The van der Waals surface area contributed by atoms with Crippen LogP contribution in [0.25, 0.3) is 10.9 Å². The number of nitriles is 1. The van der Waals surface area contributed by atoms with E-state index in [0.29, 0.717) is 11.1 Å². The molecule has 4 heteroatoms. The lowest BCUT2D eigenvalue weighted by Crippen LogP contribution is -1.94. The number of benzene rings is 2. The first kappa shape index (κ1) is 13.3. The lowest BCUT2D eigenvalue weighted by molar-refractivity contribution is 0.108. The highest BCUT2D eigenvalue weighted by Gasteiger charge is 2.11. The molecule has 0 fully saturated rings. The van der Waals surface area contributed by atoms with Gasteiger partial charge in [0.15, 0.2) is 0 Å². The Morgan fingerprint density at radius 3 is 2.57 bits per heavy atom. The van der Waals surface area contributed by atoms with Crippen molar-refractivity contribution in [1.29, 1.82) is 5.26 Å². The first-order valence-corrected chi connectivity index (χ1v) is 7.16. The minimum absolute atomic E-state index is 0.0577. The number of carbonyl (C=O) groups excluding carboxylic acids is 1. The van der Waals surface area contributed by atoms with Gasteiger partial charge in [-0.2, -0.15) is 5.26 Å². The molecule has 0 atom stereocenters. The number of fused-ring (bicyclic) bond motifs is 1. The van der Waals surface area contributed by atoms with Crippen LogP contribution in [0.3, 0.4) is 0 Å². The summed E-state index contributed by atoms with van der Waals surface area (Å²) < 4.78 is 0. The highest BCUT2D eigenvalue weighted by atomic mass is 32.2. The summed E-state index contributed by atoms with van der Waals surface area (Å²) in [5.74, 6) is 0. The number of hydrogen-bond acceptors (Lipinski definition) is 4. The molecular formula is C17H10N2OS. The maximum Gasteiger partial charge on any atom is 0.224 e. The van der Waals surface area contributed by atoms with Gasteiger partial charge < -0.3 is 0 Å². The predicted molar refractivity (Wildman–Crippen MR) is 83.1 cm³/mol. The van der Waals surface area contributed by atoms with E-state index in [1.807, 2.05) is 36.4 Å². The molecule has 3 rings (SSSR count). The van der Waals surface area contributed by atoms with Gasteiger partial charge in [-0.05, 0) is 48.2 Å². The maximum absolute atomic E-state index is 12.3. The summed E-state index contributed by atoms with van der Waals surface area (Å²) in [5, 5.41) is 9.72. The number of hydrogen-bond donors (Lipinski definition) is 0. The van der Waals surface area contributed by atoms with Crippen LogP contribution in [-0.4, -0.2) is 10.1 Å². The van der Waals surface area contributed by atoms with E-state index in [1.54, 1.807) is 30.5 Å². The molecule has 100 valence electrons. The first-order valence-electron chi connectivity index (χ1n) is 6.34. The van der Waals surface area contributed by atoms with Gasteiger partial charge in [-0.3, -0.25) is 9.78 Å². The third kappa shape index (κ3) is 2.78. The van der Waals surface area contributed by atoms with Crippen molar-refractivity contribution in [3.63, 3.8) is 0 Å². The molecule has 0 aliphatic heterocycles. The number of thioether (sulfide) groups is 1. The largest absolute Gasteiger partial charge is 0.281 e. The zero-order valence-electron chi connectivity index (χ0n) is 11.0. The second-order valence-electron chi connectivity index (χ2n) is 4.41. The summed E-state index contributed by atoms with van der Waals surface area (Å²) in [6.45, 7) is 0. The molecule has 0 saturated carbocycles. The lowest BCUT2D eigenvalue weighted by atomic mass is 10.2. The van der Waals surface area contributed by atoms with Crippen LogP contribution < -0.4 is 0 Å². The van der Waals surface area contributed by atoms with Crippen LogP contribution in [0, 0.1) is 11.3 Å². The van der Waals surface area contributed by atoms with Crippen LogP contribution in [-0.2, 0) is 0 Å². The Hall–Kier alpha value is -2.64. The van der Waals surface area contributed by atoms with Crippen molar-refractivity contribution in [1.82, 2.24) is 4.98 Å². The summed E-state index contributed by atoms with van der Waals surface area (Å²) in [7, 11) is 0. The molecule has 0 bridgehead atoms. The molecule has 0 saturated heterocycles. The molecule has 21 heavy (non-hydrogen) atoms. The Morgan fingerprint density at radius 2 is 1.81 bits per heavy atom. The molecule has 1 heterocycles. The Balaban J connectivity index is 1.91. The van der Waals surface area contributed by atoms with E-state index in [-0.39, 0.29) is 5.12 Å². The van der Waals surface area contributed by atoms with Crippen LogP contribution in [0.4, 0.5) is 0 Å². The average molecular weight is 290 g/mol. The molecule has 3 aromatic rings. The van der Waals surface area contributed by atoms with Crippen LogP contribution in [0.2, 0.25) is 0 Å². The Bertz CT molecular complexity index is 845. The van der Waals surface area contributed by atoms with Gasteiger partial charge in [0, 0.05) is 22.0 Å². The van der Waals surface area contributed by atoms with E-state index >= 15 is 0 Å². The average Bonchev–Trinajstić information content (AvgIpc) is 2.55.